The Morgan fingerprint density at radius 1 is 1.47 bits per heavy atom. The summed E-state index contributed by atoms with van der Waals surface area (Å²) in [6.07, 6.45) is 2.20. The van der Waals surface area contributed by atoms with E-state index >= 15 is 0 Å². The molecular formula is C12H15NO4. The van der Waals surface area contributed by atoms with E-state index in [1.807, 2.05) is 6.07 Å². The highest BCUT2D eigenvalue weighted by Gasteiger charge is 2.42. The summed E-state index contributed by atoms with van der Waals surface area (Å²) in [5.41, 5.74) is -0.768. The number of carboxylic acids is 1. The molecule has 5 nitrogen and oxygen atoms in total. The molecular weight excluding hydrogens is 222 g/mol. The number of carbonyl (C=O) groups excluding carboxylic acids is 1. The molecule has 0 radical (unpaired) electrons. The summed E-state index contributed by atoms with van der Waals surface area (Å²) in [4.78, 5) is 26.7. The molecule has 0 fully saturated rings. The van der Waals surface area contributed by atoms with Gasteiger partial charge in [0.1, 0.15) is 0 Å². The van der Waals surface area contributed by atoms with Crippen molar-refractivity contribution in [3.05, 3.63) is 30.1 Å². The minimum absolute atomic E-state index is 0.159. The maximum atomic E-state index is 11.5. The van der Waals surface area contributed by atoms with Crippen LogP contribution in [-0.4, -0.2) is 29.1 Å². The van der Waals surface area contributed by atoms with Crippen LogP contribution in [0.1, 0.15) is 19.0 Å². The van der Waals surface area contributed by atoms with Crippen molar-refractivity contribution in [3.63, 3.8) is 0 Å². The molecule has 0 aliphatic rings. The number of rotatable bonds is 5. The van der Waals surface area contributed by atoms with Gasteiger partial charge in [0.15, 0.2) is 5.41 Å². The fraction of sp³-hybridized carbons (Fsp3) is 0.417. The number of hydrogen-bond donors (Lipinski definition) is 1. The number of methoxy groups -OCH3 is 1. The maximum absolute atomic E-state index is 11.5. The maximum Gasteiger partial charge on any atom is 0.322 e. The zero-order valence-corrected chi connectivity index (χ0v) is 9.84. The molecule has 0 spiro atoms. The van der Waals surface area contributed by atoms with Crippen molar-refractivity contribution in [2.24, 2.45) is 5.41 Å². The number of hydrogen-bond acceptors (Lipinski definition) is 4. The fourth-order valence-electron chi connectivity index (χ4n) is 1.45. The highest BCUT2D eigenvalue weighted by molar-refractivity contribution is 5.98. The van der Waals surface area contributed by atoms with Gasteiger partial charge in [0, 0.05) is 11.9 Å². The summed E-state index contributed by atoms with van der Waals surface area (Å²) >= 11 is 0. The number of pyridine rings is 1. The molecule has 0 aliphatic heterocycles. The molecule has 1 N–H and O–H groups in total. The van der Waals surface area contributed by atoms with Crippen LogP contribution in [0.25, 0.3) is 0 Å². The average Bonchev–Trinajstić information content (AvgIpc) is 2.35. The molecule has 1 heterocycles. The van der Waals surface area contributed by atoms with Crippen molar-refractivity contribution in [2.75, 3.05) is 7.11 Å². The number of aryl methyl sites for hydroxylation is 1. The van der Waals surface area contributed by atoms with Crippen molar-refractivity contribution < 1.29 is 19.4 Å². The third kappa shape index (κ3) is 3.03. The first-order valence-electron chi connectivity index (χ1n) is 5.22. The van der Waals surface area contributed by atoms with Crippen LogP contribution in [0.15, 0.2) is 24.4 Å². The van der Waals surface area contributed by atoms with Crippen molar-refractivity contribution in [1.29, 1.82) is 0 Å². The molecule has 1 aromatic rings. The number of nitrogens with zero attached hydrogens (tertiary/aromatic N) is 1. The third-order valence-electron chi connectivity index (χ3n) is 2.72. The van der Waals surface area contributed by atoms with Crippen LogP contribution in [0.2, 0.25) is 0 Å². The molecule has 0 saturated heterocycles. The van der Waals surface area contributed by atoms with E-state index in [0.717, 1.165) is 5.69 Å². The van der Waals surface area contributed by atoms with Gasteiger partial charge in [0.05, 0.1) is 7.11 Å². The van der Waals surface area contributed by atoms with Crippen LogP contribution >= 0.6 is 0 Å². The van der Waals surface area contributed by atoms with Gasteiger partial charge in [-0.05, 0) is 31.9 Å². The number of ether oxygens (including phenoxy) is 1. The smallest absolute Gasteiger partial charge is 0.322 e. The second kappa shape index (κ2) is 5.43. The van der Waals surface area contributed by atoms with Gasteiger partial charge in [0.25, 0.3) is 0 Å². The zero-order valence-electron chi connectivity index (χ0n) is 9.84. The van der Waals surface area contributed by atoms with Gasteiger partial charge in [0.2, 0.25) is 0 Å². The topological polar surface area (TPSA) is 76.5 Å². The minimum Gasteiger partial charge on any atom is -0.480 e. The van der Waals surface area contributed by atoms with Crippen LogP contribution in [0, 0.1) is 5.41 Å². The number of aliphatic carboxylic acids is 1. The fourth-order valence-corrected chi connectivity index (χ4v) is 1.45. The van der Waals surface area contributed by atoms with Gasteiger partial charge in [-0.15, -0.1) is 0 Å². The second-order valence-corrected chi connectivity index (χ2v) is 3.95. The average molecular weight is 237 g/mol. The molecule has 0 aromatic carbocycles. The van der Waals surface area contributed by atoms with Crippen LogP contribution in [-0.2, 0) is 20.7 Å². The Kier molecular flexibility index (Phi) is 4.20. The van der Waals surface area contributed by atoms with Gasteiger partial charge in [-0.1, -0.05) is 6.07 Å². The van der Waals surface area contributed by atoms with Crippen LogP contribution < -0.4 is 0 Å². The largest absolute Gasteiger partial charge is 0.480 e. The number of esters is 1. The van der Waals surface area contributed by atoms with Crippen LogP contribution in [0.3, 0.4) is 0 Å². The van der Waals surface area contributed by atoms with Crippen molar-refractivity contribution >= 4 is 11.9 Å². The van der Waals surface area contributed by atoms with E-state index < -0.39 is 17.4 Å². The molecule has 0 aliphatic carbocycles. The van der Waals surface area contributed by atoms with Crippen LogP contribution in [0.5, 0.6) is 0 Å². The first-order valence-corrected chi connectivity index (χ1v) is 5.22. The minimum atomic E-state index is -1.52. The summed E-state index contributed by atoms with van der Waals surface area (Å²) in [6.45, 7) is 1.37. The highest BCUT2D eigenvalue weighted by atomic mass is 16.5. The molecule has 1 aromatic heterocycles. The van der Waals surface area contributed by atoms with E-state index in [4.69, 9.17) is 5.11 Å². The van der Waals surface area contributed by atoms with Crippen molar-refractivity contribution in [1.82, 2.24) is 4.98 Å². The van der Waals surface area contributed by atoms with E-state index in [1.165, 1.54) is 14.0 Å². The quantitative estimate of drug-likeness (QED) is 0.616. The van der Waals surface area contributed by atoms with Crippen molar-refractivity contribution in [3.8, 4) is 0 Å². The van der Waals surface area contributed by atoms with E-state index in [0.29, 0.717) is 6.42 Å². The Labute approximate surface area is 99.4 Å². The molecule has 0 bridgehead atoms. The molecule has 0 amide bonds. The number of carboxylic acid groups (broad SMARTS) is 1. The van der Waals surface area contributed by atoms with Gasteiger partial charge < -0.3 is 9.84 Å². The normalized spacial score (nSPS) is 13.8. The SMILES string of the molecule is COC(=O)C(C)(CCc1ccccn1)C(=O)O. The molecule has 1 rings (SSSR count). The summed E-state index contributed by atoms with van der Waals surface area (Å²) in [5.74, 6) is -1.92. The molecule has 92 valence electrons. The predicted molar refractivity (Wildman–Crippen MR) is 60.3 cm³/mol. The van der Waals surface area contributed by atoms with Gasteiger partial charge in [-0.2, -0.15) is 0 Å². The summed E-state index contributed by atoms with van der Waals surface area (Å²) in [5, 5.41) is 9.09. The lowest BCUT2D eigenvalue weighted by Gasteiger charge is -2.21. The number of aromatic nitrogens is 1. The Balaban J connectivity index is 2.76. The first kappa shape index (κ1) is 13.2. The summed E-state index contributed by atoms with van der Waals surface area (Å²) < 4.78 is 4.52. The van der Waals surface area contributed by atoms with Gasteiger partial charge in [-0.3, -0.25) is 14.6 Å². The highest BCUT2D eigenvalue weighted by Crippen LogP contribution is 2.25. The third-order valence-corrected chi connectivity index (χ3v) is 2.72. The van der Waals surface area contributed by atoms with Crippen LogP contribution in [0.4, 0.5) is 0 Å². The summed E-state index contributed by atoms with van der Waals surface area (Å²) in [7, 11) is 1.18. The summed E-state index contributed by atoms with van der Waals surface area (Å²) in [6, 6.07) is 5.39. The van der Waals surface area contributed by atoms with E-state index in [9.17, 15) is 9.59 Å². The lowest BCUT2D eigenvalue weighted by Crippen LogP contribution is -2.37. The Bertz CT molecular complexity index is 404. The first-order chi connectivity index (χ1) is 8.00. The lowest BCUT2D eigenvalue weighted by molar-refractivity contribution is -0.166. The predicted octanol–water partition coefficient (Wildman–Crippen LogP) is 1.28. The molecule has 1 atom stereocenters. The Morgan fingerprint density at radius 3 is 2.65 bits per heavy atom. The second-order valence-electron chi connectivity index (χ2n) is 3.95. The van der Waals surface area contributed by atoms with E-state index in [1.54, 1.807) is 18.3 Å². The molecule has 5 heteroatoms. The van der Waals surface area contributed by atoms with Gasteiger partial charge >= 0.3 is 11.9 Å². The molecule has 1 unspecified atom stereocenters. The zero-order chi connectivity index (χ0) is 12.9. The standard InChI is InChI=1S/C12H15NO4/c1-12(10(14)15,11(16)17-2)7-6-9-5-3-4-8-13-9/h3-5,8H,6-7H2,1-2H3,(H,14,15). The lowest BCUT2D eigenvalue weighted by atomic mass is 9.85. The van der Waals surface area contributed by atoms with E-state index in [2.05, 4.69) is 9.72 Å². The molecule has 17 heavy (non-hydrogen) atoms. The Hall–Kier alpha value is -1.91. The number of carbonyl (C=O) groups is 2. The Morgan fingerprint density at radius 2 is 2.18 bits per heavy atom. The van der Waals surface area contributed by atoms with Crippen molar-refractivity contribution in [2.45, 2.75) is 19.8 Å². The molecule has 0 saturated carbocycles. The monoisotopic (exact) mass is 237 g/mol. The van der Waals surface area contributed by atoms with E-state index in [-0.39, 0.29) is 6.42 Å². The van der Waals surface area contributed by atoms with Gasteiger partial charge in [-0.25, -0.2) is 0 Å².